The highest BCUT2D eigenvalue weighted by atomic mass is 16.5. The van der Waals surface area contributed by atoms with Crippen LogP contribution in [-0.2, 0) is 0 Å². The second-order valence-corrected chi connectivity index (χ2v) is 5.76. The molecule has 0 aliphatic carbocycles. The van der Waals surface area contributed by atoms with Gasteiger partial charge < -0.3 is 4.74 Å². The molecule has 0 amide bonds. The van der Waals surface area contributed by atoms with Crippen LogP contribution in [0, 0.1) is 0 Å². The van der Waals surface area contributed by atoms with Gasteiger partial charge in [0.2, 0.25) is 0 Å². The number of piperidine rings is 1. The van der Waals surface area contributed by atoms with Crippen LogP contribution in [0.25, 0.3) is 0 Å². The maximum absolute atomic E-state index is 5.61. The fourth-order valence-electron chi connectivity index (χ4n) is 3.61. The van der Waals surface area contributed by atoms with Gasteiger partial charge in [0.1, 0.15) is 5.75 Å². The molecule has 1 heterocycles. The lowest BCUT2D eigenvalue weighted by molar-refractivity contribution is 0.0791. The Morgan fingerprint density at radius 2 is 1.77 bits per heavy atom. The average Bonchev–Trinajstić information content (AvgIpc) is 2.61. The molecule has 3 nitrogen and oxygen atoms in total. The summed E-state index contributed by atoms with van der Waals surface area (Å²) in [6.07, 6.45) is 2.37. The van der Waals surface area contributed by atoms with Crippen molar-refractivity contribution in [3.8, 4) is 5.75 Å². The molecule has 1 fully saturated rings. The van der Waals surface area contributed by atoms with Crippen molar-refractivity contribution < 1.29 is 4.74 Å². The van der Waals surface area contributed by atoms with Crippen LogP contribution < -0.4 is 10.2 Å². The third kappa shape index (κ3) is 2.87. The quantitative estimate of drug-likeness (QED) is 0.930. The van der Waals surface area contributed by atoms with Gasteiger partial charge >= 0.3 is 0 Å². The lowest BCUT2D eigenvalue weighted by atomic mass is 9.80. The number of nitrogens with zero attached hydrogens (tertiary/aromatic N) is 1. The molecule has 2 atom stereocenters. The normalized spacial score (nSPS) is 22.5. The van der Waals surface area contributed by atoms with Gasteiger partial charge in [-0.3, -0.25) is 5.43 Å². The molecule has 1 N–H and O–H groups in total. The minimum Gasteiger partial charge on any atom is -0.496 e. The van der Waals surface area contributed by atoms with Crippen LogP contribution in [0.3, 0.4) is 0 Å². The first-order valence-corrected chi connectivity index (χ1v) is 7.97. The summed E-state index contributed by atoms with van der Waals surface area (Å²) in [4.78, 5) is 0. The molecule has 2 aromatic carbocycles. The second kappa shape index (κ2) is 6.95. The Balaban J connectivity index is 2.03. The van der Waals surface area contributed by atoms with E-state index in [0.29, 0.717) is 12.0 Å². The van der Waals surface area contributed by atoms with Gasteiger partial charge in [-0.2, -0.15) is 0 Å². The first kappa shape index (κ1) is 15.1. The number of hydrazine groups is 1. The molecule has 1 saturated heterocycles. The first-order chi connectivity index (χ1) is 10.8. The van der Waals surface area contributed by atoms with Crippen molar-refractivity contribution in [2.24, 2.45) is 0 Å². The smallest absolute Gasteiger partial charge is 0.122 e. The van der Waals surface area contributed by atoms with Gasteiger partial charge in [-0.1, -0.05) is 48.5 Å². The highest BCUT2D eigenvalue weighted by Crippen LogP contribution is 2.44. The SMILES string of the molecule is CNN1CCCC(c2ccccc2OC)C1c1ccccc1. The Hall–Kier alpha value is -1.84. The number of methoxy groups -OCH3 is 1. The summed E-state index contributed by atoms with van der Waals surface area (Å²) in [5, 5.41) is 2.36. The number of ether oxygens (including phenoxy) is 1. The van der Waals surface area contributed by atoms with Gasteiger partial charge in [0, 0.05) is 12.5 Å². The van der Waals surface area contributed by atoms with Crippen molar-refractivity contribution in [2.75, 3.05) is 20.7 Å². The molecule has 2 aromatic rings. The lowest BCUT2D eigenvalue weighted by Crippen LogP contribution is -2.44. The van der Waals surface area contributed by atoms with Crippen molar-refractivity contribution in [3.63, 3.8) is 0 Å². The van der Waals surface area contributed by atoms with Gasteiger partial charge in [-0.05, 0) is 37.1 Å². The summed E-state index contributed by atoms with van der Waals surface area (Å²) >= 11 is 0. The van der Waals surface area contributed by atoms with E-state index in [1.54, 1.807) is 7.11 Å². The summed E-state index contributed by atoms with van der Waals surface area (Å²) in [7, 11) is 3.77. The summed E-state index contributed by atoms with van der Waals surface area (Å²) in [6, 6.07) is 19.5. The topological polar surface area (TPSA) is 24.5 Å². The van der Waals surface area contributed by atoms with Crippen LogP contribution in [0.2, 0.25) is 0 Å². The maximum atomic E-state index is 5.61. The van der Waals surface area contributed by atoms with E-state index >= 15 is 0 Å². The second-order valence-electron chi connectivity index (χ2n) is 5.76. The minimum absolute atomic E-state index is 0.330. The fourth-order valence-corrected chi connectivity index (χ4v) is 3.61. The monoisotopic (exact) mass is 296 g/mol. The van der Waals surface area contributed by atoms with E-state index in [1.165, 1.54) is 24.0 Å². The molecular weight excluding hydrogens is 272 g/mol. The zero-order chi connectivity index (χ0) is 15.4. The Morgan fingerprint density at radius 1 is 1.05 bits per heavy atom. The number of nitrogens with one attached hydrogen (secondary N) is 1. The van der Waals surface area contributed by atoms with Crippen molar-refractivity contribution in [3.05, 3.63) is 65.7 Å². The molecule has 0 spiro atoms. The van der Waals surface area contributed by atoms with Crippen molar-refractivity contribution >= 4 is 0 Å². The number of benzene rings is 2. The summed E-state index contributed by atoms with van der Waals surface area (Å²) < 4.78 is 5.61. The Morgan fingerprint density at radius 3 is 2.50 bits per heavy atom. The zero-order valence-electron chi connectivity index (χ0n) is 13.3. The van der Waals surface area contributed by atoms with Crippen molar-refractivity contribution in [1.82, 2.24) is 10.4 Å². The van der Waals surface area contributed by atoms with Gasteiger partial charge in [0.15, 0.2) is 0 Å². The molecule has 1 aliphatic rings. The minimum atomic E-state index is 0.330. The van der Waals surface area contributed by atoms with Crippen LogP contribution in [0.15, 0.2) is 54.6 Å². The highest BCUT2D eigenvalue weighted by molar-refractivity contribution is 5.39. The van der Waals surface area contributed by atoms with Gasteiger partial charge in [-0.15, -0.1) is 0 Å². The van der Waals surface area contributed by atoms with E-state index in [4.69, 9.17) is 4.74 Å². The molecule has 22 heavy (non-hydrogen) atoms. The molecule has 116 valence electrons. The molecule has 2 unspecified atom stereocenters. The molecule has 3 rings (SSSR count). The number of hydrogen-bond acceptors (Lipinski definition) is 3. The molecule has 1 aliphatic heterocycles. The highest BCUT2D eigenvalue weighted by Gasteiger charge is 2.34. The van der Waals surface area contributed by atoms with Crippen molar-refractivity contribution in [2.45, 2.75) is 24.8 Å². The lowest BCUT2D eigenvalue weighted by Gasteiger charge is -2.41. The standard InChI is InChI=1S/C19H24N2O/c1-20-21-14-8-12-17(16-11-6-7-13-18(16)22-2)19(21)15-9-4-3-5-10-15/h3-7,9-11,13,17,19-20H,8,12,14H2,1-2H3. The maximum Gasteiger partial charge on any atom is 0.122 e. The molecule has 0 bridgehead atoms. The average molecular weight is 296 g/mol. The summed E-state index contributed by atoms with van der Waals surface area (Å²) in [5.41, 5.74) is 6.04. The number of rotatable bonds is 4. The molecular formula is C19H24N2O. The third-order valence-electron chi connectivity index (χ3n) is 4.60. The van der Waals surface area contributed by atoms with E-state index in [0.717, 1.165) is 12.3 Å². The van der Waals surface area contributed by atoms with Crippen LogP contribution in [0.5, 0.6) is 5.75 Å². The van der Waals surface area contributed by atoms with Gasteiger partial charge in [0.05, 0.1) is 13.2 Å². The summed E-state index contributed by atoms with van der Waals surface area (Å²) in [5.74, 6) is 1.42. The fraction of sp³-hybridized carbons (Fsp3) is 0.368. The molecule has 3 heteroatoms. The number of para-hydroxylation sites is 1. The zero-order valence-corrected chi connectivity index (χ0v) is 13.3. The van der Waals surface area contributed by atoms with Crippen LogP contribution in [0.4, 0.5) is 0 Å². The first-order valence-electron chi connectivity index (χ1n) is 7.97. The predicted molar refractivity (Wildman–Crippen MR) is 89.9 cm³/mol. The predicted octanol–water partition coefficient (Wildman–Crippen LogP) is 3.75. The Labute approximate surface area is 132 Å². The Kier molecular flexibility index (Phi) is 4.76. The third-order valence-corrected chi connectivity index (χ3v) is 4.60. The van der Waals surface area contributed by atoms with E-state index in [9.17, 15) is 0 Å². The summed E-state index contributed by atoms with van der Waals surface area (Å²) in [6.45, 7) is 1.07. The molecule has 0 radical (unpaired) electrons. The van der Waals surface area contributed by atoms with Crippen LogP contribution >= 0.6 is 0 Å². The number of hydrogen-bond donors (Lipinski definition) is 1. The van der Waals surface area contributed by atoms with E-state index in [1.807, 2.05) is 13.1 Å². The van der Waals surface area contributed by atoms with E-state index < -0.39 is 0 Å². The molecule has 0 aromatic heterocycles. The van der Waals surface area contributed by atoms with Gasteiger partial charge in [0.25, 0.3) is 0 Å². The Bertz CT molecular complexity index is 599. The van der Waals surface area contributed by atoms with Gasteiger partial charge in [-0.25, -0.2) is 5.01 Å². The molecule has 0 saturated carbocycles. The van der Waals surface area contributed by atoms with Crippen molar-refractivity contribution in [1.29, 1.82) is 0 Å². The van der Waals surface area contributed by atoms with Crippen LogP contribution in [0.1, 0.15) is 35.9 Å². The largest absolute Gasteiger partial charge is 0.496 e. The van der Waals surface area contributed by atoms with E-state index in [2.05, 4.69) is 59.0 Å². The van der Waals surface area contributed by atoms with Crippen LogP contribution in [-0.4, -0.2) is 25.7 Å². The van der Waals surface area contributed by atoms with E-state index in [-0.39, 0.29) is 0 Å².